The van der Waals surface area contributed by atoms with Crippen molar-refractivity contribution in [2.75, 3.05) is 27.2 Å². The van der Waals surface area contributed by atoms with Crippen molar-refractivity contribution in [3.05, 3.63) is 0 Å². The van der Waals surface area contributed by atoms with Crippen LogP contribution >= 0.6 is 7.82 Å². The van der Waals surface area contributed by atoms with Crippen LogP contribution in [0.15, 0.2) is 0 Å². The summed E-state index contributed by atoms with van der Waals surface area (Å²) >= 11 is 0. The zero-order chi connectivity index (χ0) is 18.8. The lowest BCUT2D eigenvalue weighted by atomic mass is 10.1. The third kappa shape index (κ3) is 33.2. The average molecular weight is 368 g/mol. The molecule has 0 aliphatic heterocycles. The number of likely N-dealkylation sites (N-methyl/N-ethyl adjacent to an activating group) is 1. The largest absolute Gasteiger partial charge is 0.466 e. The predicted octanol–water partition coefficient (Wildman–Crippen LogP) is 2.66. The normalized spacial score (nSPS) is 11.1. The number of nitrogens with one attached hydrogen (secondary N) is 1. The van der Waals surface area contributed by atoms with Crippen LogP contribution in [0.2, 0.25) is 0 Å². The Morgan fingerprint density at radius 2 is 1.25 bits per heavy atom. The molecule has 0 spiro atoms. The highest BCUT2D eigenvalue weighted by Gasteiger charge is 2.01. The molecule has 4 N–H and O–H groups in total. The molecule has 24 heavy (non-hydrogen) atoms. The SMILES string of the molecule is CCCCCCCCCCCCNC(=O)CN(C)C.O=P(O)(O)O. The van der Waals surface area contributed by atoms with E-state index in [-0.39, 0.29) is 5.91 Å². The van der Waals surface area contributed by atoms with Crippen molar-refractivity contribution < 1.29 is 24.0 Å². The minimum Gasteiger partial charge on any atom is -0.355 e. The van der Waals surface area contributed by atoms with Crippen LogP contribution in [-0.4, -0.2) is 52.7 Å². The Hall–Kier alpha value is -0.460. The van der Waals surface area contributed by atoms with Gasteiger partial charge in [0.15, 0.2) is 0 Å². The fourth-order valence-corrected chi connectivity index (χ4v) is 2.18. The van der Waals surface area contributed by atoms with Crippen molar-refractivity contribution in [1.82, 2.24) is 10.2 Å². The number of rotatable bonds is 13. The molecule has 0 aromatic heterocycles. The lowest BCUT2D eigenvalue weighted by molar-refractivity contribution is -0.121. The highest BCUT2D eigenvalue weighted by Crippen LogP contribution is 2.25. The highest BCUT2D eigenvalue weighted by molar-refractivity contribution is 7.45. The Morgan fingerprint density at radius 3 is 1.62 bits per heavy atom. The maximum absolute atomic E-state index is 11.4. The molecular formula is C16H37N2O5P. The molecule has 0 aromatic carbocycles. The molecule has 8 heteroatoms. The first-order valence-corrected chi connectivity index (χ1v) is 10.4. The second-order valence-electron chi connectivity index (χ2n) is 6.28. The Kier molecular flexibility index (Phi) is 18.7. The summed E-state index contributed by atoms with van der Waals surface area (Å²) < 4.78 is 8.88. The van der Waals surface area contributed by atoms with Gasteiger partial charge in [-0.15, -0.1) is 0 Å². The molecule has 0 aliphatic carbocycles. The minimum atomic E-state index is -4.64. The Labute approximate surface area is 147 Å². The lowest BCUT2D eigenvalue weighted by Gasteiger charge is -2.09. The minimum absolute atomic E-state index is 0.140. The number of carbonyl (C=O) groups excluding carboxylic acids is 1. The maximum atomic E-state index is 11.4. The van der Waals surface area contributed by atoms with Crippen LogP contribution in [0.3, 0.4) is 0 Å². The number of phosphoric acid groups is 1. The molecule has 0 radical (unpaired) electrons. The number of nitrogens with zero attached hydrogens (tertiary/aromatic N) is 1. The molecule has 0 atom stereocenters. The third-order valence-corrected chi connectivity index (χ3v) is 3.31. The van der Waals surface area contributed by atoms with Crippen LogP contribution in [0.4, 0.5) is 0 Å². The van der Waals surface area contributed by atoms with Crippen molar-refractivity contribution in [3.63, 3.8) is 0 Å². The van der Waals surface area contributed by atoms with E-state index in [2.05, 4.69) is 12.2 Å². The van der Waals surface area contributed by atoms with Crippen LogP contribution in [0.25, 0.3) is 0 Å². The molecule has 0 saturated carbocycles. The van der Waals surface area contributed by atoms with Gasteiger partial charge in [0.25, 0.3) is 0 Å². The van der Waals surface area contributed by atoms with Crippen LogP contribution in [0, 0.1) is 0 Å². The van der Waals surface area contributed by atoms with E-state index >= 15 is 0 Å². The second kappa shape index (κ2) is 17.4. The monoisotopic (exact) mass is 368 g/mol. The van der Waals surface area contributed by atoms with Gasteiger partial charge < -0.3 is 24.9 Å². The molecule has 0 fully saturated rings. The molecule has 0 rings (SSSR count). The summed E-state index contributed by atoms with van der Waals surface area (Å²) in [5.41, 5.74) is 0. The van der Waals surface area contributed by atoms with Gasteiger partial charge in [-0.25, -0.2) is 4.57 Å². The van der Waals surface area contributed by atoms with Gasteiger partial charge in [-0.1, -0.05) is 64.7 Å². The zero-order valence-corrected chi connectivity index (χ0v) is 16.4. The van der Waals surface area contributed by atoms with Crippen molar-refractivity contribution >= 4 is 13.7 Å². The molecular weight excluding hydrogens is 331 g/mol. The van der Waals surface area contributed by atoms with Gasteiger partial charge in [0.1, 0.15) is 0 Å². The molecule has 0 saturated heterocycles. The zero-order valence-electron chi connectivity index (χ0n) is 15.5. The summed E-state index contributed by atoms with van der Waals surface area (Å²) in [7, 11) is -0.805. The van der Waals surface area contributed by atoms with E-state index in [4.69, 9.17) is 19.2 Å². The highest BCUT2D eigenvalue weighted by atomic mass is 31.2. The first-order valence-electron chi connectivity index (χ1n) is 8.86. The number of amides is 1. The van der Waals surface area contributed by atoms with Gasteiger partial charge in [0.2, 0.25) is 5.91 Å². The quantitative estimate of drug-likeness (QED) is 0.294. The van der Waals surface area contributed by atoms with Crippen LogP contribution in [0.5, 0.6) is 0 Å². The number of hydrogen-bond acceptors (Lipinski definition) is 3. The fourth-order valence-electron chi connectivity index (χ4n) is 2.18. The van der Waals surface area contributed by atoms with E-state index in [1.54, 1.807) is 0 Å². The van der Waals surface area contributed by atoms with Crippen LogP contribution in [-0.2, 0) is 9.36 Å². The summed E-state index contributed by atoms with van der Waals surface area (Å²) in [4.78, 5) is 34.8. The van der Waals surface area contributed by atoms with Crippen molar-refractivity contribution in [3.8, 4) is 0 Å². The fraction of sp³-hybridized carbons (Fsp3) is 0.938. The smallest absolute Gasteiger partial charge is 0.355 e. The number of carbonyl (C=O) groups is 1. The van der Waals surface area contributed by atoms with Gasteiger partial charge in [-0.3, -0.25) is 4.79 Å². The summed E-state index contributed by atoms with van der Waals surface area (Å²) in [6.07, 6.45) is 13.4. The van der Waals surface area contributed by atoms with Crippen LogP contribution < -0.4 is 5.32 Å². The molecule has 146 valence electrons. The molecule has 0 bridgehead atoms. The molecule has 0 heterocycles. The van der Waals surface area contributed by atoms with E-state index in [0.717, 1.165) is 13.0 Å². The Morgan fingerprint density at radius 1 is 0.875 bits per heavy atom. The first kappa shape index (κ1) is 25.8. The van der Waals surface area contributed by atoms with Gasteiger partial charge in [0.05, 0.1) is 6.54 Å². The van der Waals surface area contributed by atoms with E-state index in [1.165, 1.54) is 57.8 Å². The van der Waals surface area contributed by atoms with E-state index in [1.807, 2.05) is 19.0 Å². The van der Waals surface area contributed by atoms with Crippen molar-refractivity contribution in [2.24, 2.45) is 0 Å². The predicted molar refractivity (Wildman–Crippen MR) is 97.7 cm³/mol. The average Bonchev–Trinajstić information content (AvgIpc) is 2.42. The van der Waals surface area contributed by atoms with Crippen LogP contribution in [0.1, 0.15) is 71.1 Å². The molecule has 7 nitrogen and oxygen atoms in total. The van der Waals surface area contributed by atoms with E-state index in [9.17, 15) is 4.79 Å². The summed E-state index contributed by atoms with van der Waals surface area (Å²) in [5, 5.41) is 2.96. The van der Waals surface area contributed by atoms with E-state index in [0.29, 0.717) is 6.54 Å². The summed E-state index contributed by atoms with van der Waals surface area (Å²) in [5.74, 6) is 0.140. The molecule has 0 unspecified atom stereocenters. The van der Waals surface area contributed by atoms with Crippen molar-refractivity contribution in [2.45, 2.75) is 71.1 Å². The van der Waals surface area contributed by atoms with Gasteiger partial charge in [-0.05, 0) is 20.5 Å². The molecule has 0 aliphatic rings. The third-order valence-electron chi connectivity index (χ3n) is 3.31. The maximum Gasteiger partial charge on any atom is 0.466 e. The number of hydrogen-bond donors (Lipinski definition) is 4. The van der Waals surface area contributed by atoms with Crippen molar-refractivity contribution in [1.29, 1.82) is 0 Å². The second-order valence-corrected chi connectivity index (χ2v) is 7.31. The Balaban J connectivity index is 0. The summed E-state index contributed by atoms with van der Waals surface area (Å²) in [6.45, 7) is 3.60. The lowest BCUT2D eigenvalue weighted by Crippen LogP contribution is -2.33. The summed E-state index contributed by atoms with van der Waals surface area (Å²) in [6, 6.07) is 0. The first-order chi connectivity index (χ1) is 11.2. The molecule has 1 amide bonds. The van der Waals surface area contributed by atoms with E-state index < -0.39 is 7.82 Å². The van der Waals surface area contributed by atoms with Gasteiger partial charge in [-0.2, -0.15) is 0 Å². The number of unbranched alkanes of at least 4 members (excludes halogenated alkanes) is 9. The topological polar surface area (TPSA) is 110 Å². The van der Waals surface area contributed by atoms with Gasteiger partial charge >= 0.3 is 7.82 Å². The molecule has 0 aromatic rings. The Bertz CT molecular complexity index is 326. The van der Waals surface area contributed by atoms with Gasteiger partial charge in [0, 0.05) is 6.54 Å². The standard InChI is InChI=1S/C16H34N2O.H3O4P/c1-4-5-6-7-8-9-10-11-12-13-14-17-16(19)15-18(2)3;1-5(2,3)4/h4-15H2,1-3H3,(H,17,19);(H3,1,2,3,4).